The van der Waals surface area contributed by atoms with E-state index in [1.807, 2.05) is 5.38 Å². The molecule has 2 rings (SSSR count). The first-order valence-corrected chi connectivity index (χ1v) is 11.0. The molecule has 1 heterocycles. The van der Waals surface area contributed by atoms with Crippen molar-refractivity contribution < 1.29 is 13.2 Å². The monoisotopic (exact) mass is 397 g/mol. The number of hydrogen-bond donors (Lipinski definition) is 1. The summed E-state index contributed by atoms with van der Waals surface area (Å²) in [5, 5.41) is 2.76. The third-order valence-electron chi connectivity index (χ3n) is 4.23. The molecule has 1 aromatic carbocycles. The van der Waals surface area contributed by atoms with Crippen molar-refractivity contribution >= 4 is 21.4 Å². The van der Waals surface area contributed by atoms with Crippen LogP contribution >= 0.6 is 11.3 Å². The summed E-state index contributed by atoms with van der Waals surface area (Å²) in [4.78, 5) is 7.12. The topological polar surface area (TPSA) is 71.5 Å². The molecule has 1 N–H and O–H groups in total. The summed E-state index contributed by atoms with van der Waals surface area (Å²) in [6, 6.07) is 3.46. The highest BCUT2D eigenvalue weighted by Gasteiger charge is 2.21. The lowest BCUT2D eigenvalue weighted by atomic mass is 10.1. The van der Waals surface area contributed by atoms with Crippen LogP contribution in [0.2, 0.25) is 0 Å². The fourth-order valence-electron chi connectivity index (χ4n) is 2.86. The van der Waals surface area contributed by atoms with E-state index in [0.717, 1.165) is 30.3 Å². The molecular formula is C18H27N3O3S2. The van der Waals surface area contributed by atoms with Gasteiger partial charge in [-0.25, -0.2) is 18.1 Å². The van der Waals surface area contributed by atoms with Crippen molar-refractivity contribution in [1.82, 2.24) is 14.6 Å². The minimum atomic E-state index is -3.62. The average molecular weight is 398 g/mol. The van der Waals surface area contributed by atoms with Crippen molar-refractivity contribution in [1.29, 1.82) is 0 Å². The summed E-state index contributed by atoms with van der Waals surface area (Å²) in [6.07, 6.45) is 0. The molecular weight excluding hydrogens is 370 g/mol. The van der Waals surface area contributed by atoms with Gasteiger partial charge in [-0.2, -0.15) is 0 Å². The van der Waals surface area contributed by atoms with Gasteiger partial charge in [-0.3, -0.25) is 4.90 Å². The predicted octanol–water partition coefficient (Wildman–Crippen LogP) is 3.09. The average Bonchev–Trinajstić information content (AvgIpc) is 3.04. The van der Waals surface area contributed by atoms with Gasteiger partial charge in [0.2, 0.25) is 10.0 Å². The minimum Gasteiger partial charge on any atom is -0.497 e. The number of thiazole rings is 1. The largest absolute Gasteiger partial charge is 0.497 e. The number of ether oxygens (including phenoxy) is 1. The van der Waals surface area contributed by atoms with Gasteiger partial charge in [0.25, 0.3) is 0 Å². The van der Waals surface area contributed by atoms with Gasteiger partial charge in [0.1, 0.15) is 10.8 Å². The van der Waals surface area contributed by atoms with E-state index in [9.17, 15) is 8.42 Å². The molecule has 0 bridgehead atoms. The molecule has 0 saturated heterocycles. The molecule has 0 unspecified atom stereocenters. The van der Waals surface area contributed by atoms with Crippen LogP contribution < -0.4 is 9.46 Å². The fraction of sp³-hybridized carbons (Fsp3) is 0.500. The first-order chi connectivity index (χ1) is 12.3. The number of hydrogen-bond acceptors (Lipinski definition) is 6. The van der Waals surface area contributed by atoms with E-state index in [0.29, 0.717) is 21.8 Å². The second-order valence-electron chi connectivity index (χ2n) is 6.11. The van der Waals surface area contributed by atoms with Crippen LogP contribution in [-0.4, -0.2) is 38.5 Å². The van der Waals surface area contributed by atoms with E-state index in [4.69, 9.17) is 4.74 Å². The maximum Gasteiger partial charge on any atom is 0.241 e. The molecule has 8 heteroatoms. The van der Waals surface area contributed by atoms with Crippen molar-refractivity contribution in [2.45, 2.75) is 45.7 Å². The van der Waals surface area contributed by atoms with E-state index >= 15 is 0 Å². The van der Waals surface area contributed by atoms with Crippen LogP contribution in [0.1, 0.15) is 35.7 Å². The standard InChI is InChI=1S/C18H27N3O3S2/c1-6-21(7-2)11-15-12-25-17(20-15)10-19-26(22,23)18-13(3)8-16(24-5)9-14(18)4/h8-9,12,19H,6-7,10-11H2,1-5H3. The molecule has 0 spiro atoms. The molecule has 2 aromatic rings. The number of nitrogens with one attached hydrogen (secondary N) is 1. The third-order valence-corrected chi connectivity index (χ3v) is 6.83. The van der Waals surface area contributed by atoms with Gasteiger partial charge in [-0.05, 0) is 50.2 Å². The van der Waals surface area contributed by atoms with Gasteiger partial charge in [-0.1, -0.05) is 13.8 Å². The van der Waals surface area contributed by atoms with E-state index < -0.39 is 10.0 Å². The van der Waals surface area contributed by atoms with Gasteiger partial charge in [0.05, 0.1) is 24.2 Å². The number of sulfonamides is 1. The molecule has 0 aliphatic heterocycles. The number of methoxy groups -OCH3 is 1. The van der Waals surface area contributed by atoms with E-state index in [-0.39, 0.29) is 6.54 Å². The summed E-state index contributed by atoms with van der Waals surface area (Å²) >= 11 is 1.48. The molecule has 0 fully saturated rings. The Kier molecular flexibility index (Phi) is 7.16. The number of benzene rings is 1. The van der Waals surface area contributed by atoms with Crippen LogP contribution in [-0.2, 0) is 23.1 Å². The van der Waals surface area contributed by atoms with E-state index in [2.05, 4.69) is 28.5 Å². The molecule has 0 amide bonds. The lowest BCUT2D eigenvalue weighted by molar-refractivity contribution is 0.292. The van der Waals surface area contributed by atoms with Gasteiger partial charge in [0.15, 0.2) is 0 Å². The summed E-state index contributed by atoms with van der Waals surface area (Å²) in [5.41, 5.74) is 2.30. The second kappa shape index (κ2) is 8.94. The van der Waals surface area contributed by atoms with Crippen LogP contribution in [0.5, 0.6) is 5.75 Å². The lowest BCUT2D eigenvalue weighted by Gasteiger charge is -2.15. The zero-order valence-corrected chi connectivity index (χ0v) is 17.6. The molecule has 26 heavy (non-hydrogen) atoms. The van der Waals surface area contributed by atoms with Crippen LogP contribution in [0.4, 0.5) is 0 Å². The zero-order chi connectivity index (χ0) is 19.3. The SMILES string of the molecule is CCN(CC)Cc1csc(CNS(=O)(=O)c2c(C)cc(OC)cc2C)n1. The second-order valence-corrected chi connectivity index (χ2v) is 8.76. The number of aromatic nitrogens is 1. The highest BCUT2D eigenvalue weighted by molar-refractivity contribution is 7.89. The molecule has 1 aromatic heterocycles. The van der Waals surface area contributed by atoms with Crippen molar-refractivity contribution in [3.05, 3.63) is 39.3 Å². The minimum absolute atomic E-state index is 0.191. The molecule has 0 aliphatic carbocycles. The Morgan fingerprint density at radius 2 is 1.81 bits per heavy atom. The molecule has 0 aliphatic rings. The first-order valence-electron chi connectivity index (χ1n) is 8.61. The molecule has 6 nitrogen and oxygen atoms in total. The Morgan fingerprint density at radius 3 is 2.35 bits per heavy atom. The van der Waals surface area contributed by atoms with E-state index in [1.54, 1.807) is 33.1 Å². The number of aryl methyl sites for hydroxylation is 2. The number of rotatable bonds is 9. The molecule has 0 atom stereocenters. The van der Waals surface area contributed by atoms with Gasteiger partial charge in [-0.15, -0.1) is 11.3 Å². The van der Waals surface area contributed by atoms with Gasteiger partial charge in [0, 0.05) is 11.9 Å². The summed E-state index contributed by atoms with van der Waals surface area (Å²) < 4.78 is 33.4. The van der Waals surface area contributed by atoms with Crippen molar-refractivity contribution in [2.75, 3.05) is 20.2 Å². The quantitative estimate of drug-likeness (QED) is 0.704. The van der Waals surface area contributed by atoms with Gasteiger partial charge < -0.3 is 4.74 Å². The van der Waals surface area contributed by atoms with Crippen LogP contribution in [0.15, 0.2) is 22.4 Å². The van der Waals surface area contributed by atoms with Crippen molar-refractivity contribution in [3.63, 3.8) is 0 Å². The zero-order valence-electron chi connectivity index (χ0n) is 16.0. The normalized spacial score (nSPS) is 11.9. The molecule has 0 saturated carbocycles. The first kappa shape index (κ1) is 20.8. The summed E-state index contributed by atoms with van der Waals surface area (Å²) in [5.74, 6) is 0.653. The van der Waals surface area contributed by atoms with Crippen molar-refractivity contribution in [3.8, 4) is 5.75 Å². The van der Waals surface area contributed by atoms with Crippen LogP contribution in [0, 0.1) is 13.8 Å². The highest BCUT2D eigenvalue weighted by atomic mass is 32.2. The van der Waals surface area contributed by atoms with Crippen LogP contribution in [0.25, 0.3) is 0 Å². The predicted molar refractivity (Wildman–Crippen MR) is 105 cm³/mol. The Hall–Kier alpha value is -1.48. The molecule has 144 valence electrons. The maximum absolute atomic E-state index is 12.7. The van der Waals surface area contributed by atoms with Crippen LogP contribution in [0.3, 0.4) is 0 Å². The van der Waals surface area contributed by atoms with Gasteiger partial charge >= 0.3 is 0 Å². The fourth-order valence-corrected chi connectivity index (χ4v) is 5.11. The number of nitrogens with zero attached hydrogens (tertiary/aromatic N) is 2. The third kappa shape index (κ3) is 5.03. The molecule has 0 radical (unpaired) electrons. The Bertz CT molecular complexity index is 820. The Morgan fingerprint density at radius 1 is 1.19 bits per heavy atom. The summed E-state index contributed by atoms with van der Waals surface area (Å²) in [6.45, 7) is 10.7. The Balaban J connectivity index is 2.11. The highest BCUT2D eigenvalue weighted by Crippen LogP contribution is 2.25. The lowest BCUT2D eigenvalue weighted by Crippen LogP contribution is -2.25. The smallest absolute Gasteiger partial charge is 0.241 e. The maximum atomic E-state index is 12.7. The summed E-state index contributed by atoms with van der Waals surface area (Å²) in [7, 11) is -2.05. The Labute approximate surface area is 160 Å². The van der Waals surface area contributed by atoms with E-state index in [1.165, 1.54) is 11.3 Å². The van der Waals surface area contributed by atoms with Crippen molar-refractivity contribution in [2.24, 2.45) is 0 Å².